The van der Waals surface area contributed by atoms with Gasteiger partial charge in [-0.1, -0.05) is 13.8 Å². The van der Waals surface area contributed by atoms with Crippen LogP contribution in [0.1, 0.15) is 40.4 Å². The molecule has 0 bridgehead atoms. The zero-order valence-electron chi connectivity index (χ0n) is 8.31. The molecule has 2 rings (SSSR count). The zero-order valence-corrected chi connectivity index (χ0v) is 9.12. The van der Waals surface area contributed by atoms with Crippen molar-refractivity contribution < 1.29 is 4.79 Å². The van der Waals surface area contributed by atoms with E-state index in [2.05, 4.69) is 6.92 Å². The molecule has 2 heteroatoms. The fraction of sp³-hybridized carbons (Fsp3) is 0.545. The number of thiophene rings is 1. The topological polar surface area (TPSA) is 17.1 Å². The average Bonchev–Trinajstić information content (AvgIpc) is 2.40. The van der Waals surface area contributed by atoms with Gasteiger partial charge in [-0.2, -0.15) is 0 Å². The van der Waals surface area contributed by atoms with Gasteiger partial charge in [-0.3, -0.25) is 4.79 Å². The quantitative estimate of drug-likeness (QED) is 0.619. The molecule has 1 aromatic heterocycles. The molecule has 1 nitrogen and oxygen atoms in total. The molecule has 70 valence electrons. The van der Waals surface area contributed by atoms with Gasteiger partial charge in [0.2, 0.25) is 0 Å². The van der Waals surface area contributed by atoms with Crippen molar-refractivity contribution >= 4 is 17.1 Å². The molecule has 1 aliphatic rings. The van der Waals surface area contributed by atoms with Gasteiger partial charge < -0.3 is 0 Å². The molecule has 0 aromatic carbocycles. The van der Waals surface area contributed by atoms with Crippen molar-refractivity contribution in [1.29, 1.82) is 0 Å². The van der Waals surface area contributed by atoms with E-state index in [1.54, 1.807) is 11.3 Å². The Morgan fingerprint density at radius 3 is 2.85 bits per heavy atom. The Hall–Kier alpha value is -0.630. The van der Waals surface area contributed by atoms with E-state index in [1.165, 1.54) is 9.75 Å². The third-order valence-electron chi connectivity index (χ3n) is 2.77. The highest BCUT2D eigenvalue weighted by molar-refractivity contribution is 7.12. The standard InChI is InChI=1S/C11H14OS/c1-7-6-8-9(13-7)4-5-11(2,3)10(8)12/h6H,4-5H2,1-3H3. The summed E-state index contributed by atoms with van der Waals surface area (Å²) < 4.78 is 0. The second kappa shape index (κ2) is 2.68. The predicted octanol–water partition coefficient (Wildman–Crippen LogP) is 3.21. The number of hydrogen-bond donors (Lipinski definition) is 0. The minimum atomic E-state index is -0.138. The lowest BCUT2D eigenvalue weighted by Crippen LogP contribution is -2.29. The maximum atomic E-state index is 12.0. The van der Waals surface area contributed by atoms with Gasteiger partial charge in [0.15, 0.2) is 5.78 Å². The van der Waals surface area contributed by atoms with Crippen LogP contribution in [0.15, 0.2) is 6.07 Å². The molecule has 0 N–H and O–H groups in total. The Morgan fingerprint density at radius 1 is 1.46 bits per heavy atom. The summed E-state index contributed by atoms with van der Waals surface area (Å²) in [6, 6.07) is 2.04. The van der Waals surface area contributed by atoms with Crippen LogP contribution in [0.2, 0.25) is 0 Å². The lowest BCUT2D eigenvalue weighted by molar-refractivity contribution is 0.0813. The van der Waals surface area contributed by atoms with Crippen LogP contribution in [-0.4, -0.2) is 5.78 Å². The molecule has 0 saturated carbocycles. The van der Waals surface area contributed by atoms with Gasteiger partial charge in [0.1, 0.15) is 0 Å². The van der Waals surface area contributed by atoms with Gasteiger partial charge >= 0.3 is 0 Å². The fourth-order valence-electron chi connectivity index (χ4n) is 1.84. The summed E-state index contributed by atoms with van der Waals surface area (Å²) in [6.07, 6.45) is 2.07. The van der Waals surface area contributed by atoms with Crippen LogP contribution in [-0.2, 0) is 6.42 Å². The van der Waals surface area contributed by atoms with Crippen LogP contribution >= 0.6 is 11.3 Å². The van der Waals surface area contributed by atoms with Crippen LogP contribution in [0.5, 0.6) is 0 Å². The minimum absolute atomic E-state index is 0.138. The van der Waals surface area contributed by atoms with Crippen molar-refractivity contribution in [3.05, 3.63) is 21.4 Å². The molecular formula is C11H14OS. The molecule has 0 unspecified atom stereocenters. The molecule has 1 aromatic rings. The van der Waals surface area contributed by atoms with Crippen LogP contribution in [0.4, 0.5) is 0 Å². The molecule has 0 spiro atoms. The molecule has 1 aliphatic carbocycles. The third-order valence-corrected chi connectivity index (χ3v) is 3.88. The lowest BCUT2D eigenvalue weighted by Gasteiger charge is -2.27. The molecule has 0 aliphatic heterocycles. The molecule has 0 atom stereocenters. The van der Waals surface area contributed by atoms with E-state index in [1.807, 2.05) is 19.9 Å². The second-order valence-electron chi connectivity index (χ2n) is 4.41. The van der Waals surface area contributed by atoms with Crippen molar-refractivity contribution in [2.24, 2.45) is 5.41 Å². The zero-order chi connectivity index (χ0) is 9.64. The number of fused-ring (bicyclic) bond motifs is 1. The molecule has 0 fully saturated rings. The maximum absolute atomic E-state index is 12.0. The summed E-state index contributed by atoms with van der Waals surface area (Å²) in [4.78, 5) is 14.5. The Morgan fingerprint density at radius 2 is 2.15 bits per heavy atom. The van der Waals surface area contributed by atoms with Crippen LogP contribution in [0, 0.1) is 12.3 Å². The molecule has 0 saturated heterocycles. The Labute approximate surface area is 82.8 Å². The summed E-state index contributed by atoms with van der Waals surface area (Å²) in [7, 11) is 0. The summed E-state index contributed by atoms with van der Waals surface area (Å²) in [5.74, 6) is 0.332. The highest BCUT2D eigenvalue weighted by atomic mass is 32.1. The first kappa shape index (κ1) is 8.95. The average molecular weight is 194 g/mol. The number of ketones is 1. The van der Waals surface area contributed by atoms with Crippen LogP contribution in [0.25, 0.3) is 0 Å². The van der Waals surface area contributed by atoms with Crippen molar-refractivity contribution in [2.75, 3.05) is 0 Å². The third kappa shape index (κ3) is 1.33. The van der Waals surface area contributed by atoms with Crippen LogP contribution in [0.3, 0.4) is 0 Å². The number of hydrogen-bond acceptors (Lipinski definition) is 2. The Kier molecular flexibility index (Phi) is 1.84. The molecule has 13 heavy (non-hydrogen) atoms. The lowest BCUT2D eigenvalue weighted by atomic mass is 9.76. The molecule has 0 radical (unpaired) electrons. The van der Waals surface area contributed by atoms with Gasteiger partial charge in [0.05, 0.1) is 0 Å². The number of Topliss-reactive ketones (excluding diaryl/α,β-unsaturated/α-hetero) is 1. The smallest absolute Gasteiger partial charge is 0.169 e. The number of aryl methyl sites for hydroxylation is 2. The molecule has 1 heterocycles. The summed E-state index contributed by atoms with van der Waals surface area (Å²) >= 11 is 1.77. The van der Waals surface area contributed by atoms with E-state index >= 15 is 0 Å². The van der Waals surface area contributed by atoms with Gasteiger partial charge in [-0.15, -0.1) is 11.3 Å². The first-order chi connectivity index (χ1) is 6.00. The van der Waals surface area contributed by atoms with Gasteiger partial charge in [0.25, 0.3) is 0 Å². The summed E-state index contributed by atoms with van der Waals surface area (Å²) in [6.45, 7) is 6.17. The van der Waals surface area contributed by atoms with Gasteiger partial charge in [-0.25, -0.2) is 0 Å². The van der Waals surface area contributed by atoms with Crippen molar-refractivity contribution in [2.45, 2.75) is 33.6 Å². The highest BCUT2D eigenvalue weighted by Gasteiger charge is 2.34. The van der Waals surface area contributed by atoms with Crippen molar-refractivity contribution in [3.8, 4) is 0 Å². The SMILES string of the molecule is Cc1cc2c(s1)CCC(C)(C)C2=O. The second-order valence-corrected chi connectivity index (χ2v) is 5.75. The monoisotopic (exact) mass is 194 g/mol. The first-order valence-electron chi connectivity index (χ1n) is 4.65. The first-order valence-corrected chi connectivity index (χ1v) is 5.46. The number of carbonyl (C=O) groups is 1. The van der Waals surface area contributed by atoms with Gasteiger partial charge in [-0.05, 0) is 25.8 Å². The van der Waals surface area contributed by atoms with E-state index < -0.39 is 0 Å². The Balaban J connectivity index is 2.51. The normalized spacial score (nSPS) is 20.1. The fourth-order valence-corrected chi connectivity index (χ4v) is 2.88. The van der Waals surface area contributed by atoms with Crippen molar-refractivity contribution in [3.63, 3.8) is 0 Å². The molecular weight excluding hydrogens is 180 g/mol. The summed E-state index contributed by atoms with van der Waals surface area (Å²) in [5, 5.41) is 0. The number of rotatable bonds is 0. The van der Waals surface area contributed by atoms with E-state index in [0.29, 0.717) is 5.78 Å². The predicted molar refractivity (Wildman–Crippen MR) is 55.5 cm³/mol. The maximum Gasteiger partial charge on any atom is 0.169 e. The van der Waals surface area contributed by atoms with E-state index in [4.69, 9.17) is 0 Å². The van der Waals surface area contributed by atoms with Crippen LogP contribution < -0.4 is 0 Å². The van der Waals surface area contributed by atoms with Gasteiger partial charge in [0, 0.05) is 20.7 Å². The van der Waals surface area contributed by atoms with E-state index in [-0.39, 0.29) is 5.41 Å². The van der Waals surface area contributed by atoms with Crippen molar-refractivity contribution in [1.82, 2.24) is 0 Å². The Bertz CT molecular complexity index is 360. The largest absolute Gasteiger partial charge is 0.294 e. The van der Waals surface area contributed by atoms with E-state index in [0.717, 1.165) is 18.4 Å². The van der Waals surface area contributed by atoms with E-state index in [9.17, 15) is 4.79 Å². The molecule has 0 amide bonds. The highest BCUT2D eigenvalue weighted by Crippen LogP contribution is 2.38. The minimum Gasteiger partial charge on any atom is -0.294 e. The number of carbonyl (C=O) groups excluding carboxylic acids is 1. The summed E-state index contributed by atoms with van der Waals surface area (Å²) in [5.41, 5.74) is 0.847.